The first kappa shape index (κ1) is 19.4. The molecule has 0 radical (unpaired) electrons. The normalized spacial score (nSPS) is 20.3. The molecule has 1 aliphatic carbocycles. The Balaban J connectivity index is 1.94. The number of carbonyl (C=O) groups is 2. The van der Waals surface area contributed by atoms with Gasteiger partial charge in [0.2, 0.25) is 5.91 Å². The lowest BCUT2D eigenvalue weighted by Crippen LogP contribution is -2.53. The minimum Gasteiger partial charge on any atom is -0.508 e. The van der Waals surface area contributed by atoms with Crippen molar-refractivity contribution in [2.45, 2.75) is 43.7 Å². The number of aliphatic hydroxyl groups is 1. The maximum atomic E-state index is 13.2. The van der Waals surface area contributed by atoms with Crippen LogP contribution in [0.5, 0.6) is 5.75 Å². The Morgan fingerprint density at radius 1 is 1.24 bits per heavy atom. The third kappa shape index (κ3) is 5.02. The number of halogens is 3. The molecule has 1 aromatic carbocycles. The van der Waals surface area contributed by atoms with Gasteiger partial charge in [0.05, 0.1) is 6.42 Å². The summed E-state index contributed by atoms with van der Waals surface area (Å²) < 4.78 is 26.3. The third-order valence-electron chi connectivity index (χ3n) is 4.10. The number of alkyl halides is 2. The average Bonchev–Trinajstić information content (AvgIpc) is 2.97. The van der Waals surface area contributed by atoms with E-state index in [9.17, 15) is 23.5 Å². The highest BCUT2D eigenvalue weighted by Crippen LogP contribution is 2.24. The third-order valence-corrected chi connectivity index (χ3v) is 4.45. The van der Waals surface area contributed by atoms with Crippen LogP contribution < -0.4 is 10.6 Å². The van der Waals surface area contributed by atoms with Crippen LogP contribution in [0.2, 0.25) is 5.02 Å². The molecule has 1 saturated carbocycles. The van der Waals surface area contributed by atoms with E-state index >= 15 is 0 Å². The molecule has 0 aromatic heterocycles. The summed E-state index contributed by atoms with van der Waals surface area (Å²) in [6, 6.07) is 3.16. The molecule has 4 N–H and O–H groups in total. The molecule has 9 heteroatoms. The van der Waals surface area contributed by atoms with Crippen molar-refractivity contribution >= 4 is 23.4 Å². The van der Waals surface area contributed by atoms with Crippen molar-refractivity contribution in [1.29, 1.82) is 0 Å². The first-order chi connectivity index (χ1) is 11.7. The zero-order valence-corrected chi connectivity index (χ0v) is 14.0. The lowest BCUT2D eigenvalue weighted by atomic mass is 10.1. The summed E-state index contributed by atoms with van der Waals surface area (Å²) in [5.41, 5.74) is 0.516. The number of benzene rings is 1. The fourth-order valence-corrected chi connectivity index (χ4v) is 3.00. The Labute approximate surface area is 148 Å². The topological polar surface area (TPSA) is 98.7 Å². The van der Waals surface area contributed by atoms with Crippen molar-refractivity contribution in [3.8, 4) is 5.75 Å². The molecule has 1 aromatic rings. The number of carbonyl (C=O) groups excluding carboxylic acids is 2. The van der Waals surface area contributed by atoms with Crippen LogP contribution in [0.15, 0.2) is 18.2 Å². The predicted octanol–water partition coefficient (Wildman–Crippen LogP) is 1.37. The Morgan fingerprint density at radius 3 is 2.48 bits per heavy atom. The molecule has 2 amide bonds. The van der Waals surface area contributed by atoms with Gasteiger partial charge in [0.1, 0.15) is 12.4 Å². The molecule has 2 rings (SSSR count). The van der Waals surface area contributed by atoms with E-state index < -0.39 is 30.5 Å². The molecule has 138 valence electrons. The number of rotatable bonds is 6. The minimum atomic E-state index is -3.85. The molecule has 0 aliphatic heterocycles. The maximum absolute atomic E-state index is 13.2. The summed E-state index contributed by atoms with van der Waals surface area (Å²) in [6.45, 7) is -1.57. The van der Waals surface area contributed by atoms with Crippen LogP contribution in [0.25, 0.3) is 0 Å². The fraction of sp³-hybridized carbons (Fsp3) is 0.500. The van der Waals surface area contributed by atoms with Gasteiger partial charge in [-0.15, -0.1) is 0 Å². The Hall–Kier alpha value is -1.93. The molecule has 1 fully saturated rings. The number of phenolic OH excluding ortho intramolecular Hbond substituents is 1. The van der Waals surface area contributed by atoms with Gasteiger partial charge in [0.25, 0.3) is 5.91 Å². The summed E-state index contributed by atoms with van der Waals surface area (Å²) in [7, 11) is 0. The van der Waals surface area contributed by atoms with E-state index in [0.29, 0.717) is 24.8 Å². The second kappa shape index (κ2) is 7.97. The highest BCUT2D eigenvalue weighted by molar-refractivity contribution is 6.31. The van der Waals surface area contributed by atoms with Crippen molar-refractivity contribution in [3.63, 3.8) is 0 Å². The molecule has 0 bridgehead atoms. The standard InChI is InChI=1S/C16H19ClF2N2O4/c17-11-7-10(23)5-4-9(11)6-14(24)20-12-2-1-3-13(12)21-15(25)16(18,19)8-22/h4-5,7,12-13,22-23H,1-3,6,8H2,(H,20,24)(H,21,25)/t12-,13+/m1/s1. The van der Waals surface area contributed by atoms with Crippen LogP contribution in [-0.4, -0.2) is 46.6 Å². The van der Waals surface area contributed by atoms with Crippen LogP contribution in [-0.2, 0) is 16.0 Å². The highest BCUT2D eigenvalue weighted by Gasteiger charge is 2.41. The molecule has 0 heterocycles. The number of hydrogen-bond acceptors (Lipinski definition) is 4. The zero-order chi connectivity index (χ0) is 18.6. The molecular weight excluding hydrogens is 358 g/mol. The van der Waals surface area contributed by atoms with Gasteiger partial charge in [0.15, 0.2) is 0 Å². The van der Waals surface area contributed by atoms with Crippen molar-refractivity contribution in [2.24, 2.45) is 0 Å². The van der Waals surface area contributed by atoms with Gasteiger partial charge >= 0.3 is 5.92 Å². The number of nitrogens with one attached hydrogen (secondary N) is 2. The smallest absolute Gasteiger partial charge is 0.346 e. The van der Waals surface area contributed by atoms with Crippen molar-refractivity contribution < 1.29 is 28.6 Å². The number of phenols is 1. The number of hydrogen-bond donors (Lipinski definition) is 4. The van der Waals surface area contributed by atoms with Crippen LogP contribution >= 0.6 is 11.6 Å². The van der Waals surface area contributed by atoms with E-state index in [0.717, 1.165) is 0 Å². The molecule has 25 heavy (non-hydrogen) atoms. The Bertz CT molecular complexity index is 657. The van der Waals surface area contributed by atoms with E-state index in [4.69, 9.17) is 16.7 Å². The van der Waals surface area contributed by atoms with Gasteiger partial charge in [-0.1, -0.05) is 17.7 Å². The molecular formula is C16H19ClF2N2O4. The molecule has 6 nitrogen and oxygen atoms in total. The molecule has 1 aliphatic rings. The maximum Gasteiger partial charge on any atom is 0.346 e. The van der Waals surface area contributed by atoms with Gasteiger partial charge in [-0.3, -0.25) is 9.59 Å². The largest absolute Gasteiger partial charge is 0.508 e. The van der Waals surface area contributed by atoms with E-state index in [1.165, 1.54) is 18.2 Å². The van der Waals surface area contributed by atoms with Gasteiger partial charge < -0.3 is 20.8 Å². The predicted molar refractivity (Wildman–Crippen MR) is 86.6 cm³/mol. The van der Waals surface area contributed by atoms with Crippen LogP contribution in [0.4, 0.5) is 8.78 Å². The van der Waals surface area contributed by atoms with Crippen molar-refractivity contribution in [1.82, 2.24) is 10.6 Å². The second-order valence-electron chi connectivity index (χ2n) is 6.00. The Kier molecular flexibility index (Phi) is 6.18. The number of amides is 2. The van der Waals surface area contributed by atoms with Gasteiger partial charge in [0, 0.05) is 17.1 Å². The fourth-order valence-electron chi connectivity index (χ4n) is 2.76. The summed E-state index contributed by atoms with van der Waals surface area (Å²) in [5, 5.41) is 23.0. The van der Waals surface area contributed by atoms with E-state index in [1.807, 2.05) is 0 Å². The van der Waals surface area contributed by atoms with Crippen molar-refractivity contribution in [3.05, 3.63) is 28.8 Å². The van der Waals surface area contributed by atoms with Crippen LogP contribution in [0.1, 0.15) is 24.8 Å². The molecule has 0 unspecified atom stereocenters. The summed E-state index contributed by atoms with van der Waals surface area (Å²) >= 11 is 5.95. The van der Waals surface area contributed by atoms with Crippen LogP contribution in [0.3, 0.4) is 0 Å². The van der Waals surface area contributed by atoms with Gasteiger partial charge in [-0.05, 0) is 37.0 Å². The quantitative estimate of drug-likeness (QED) is 0.602. The lowest BCUT2D eigenvalue weighted by molar-refractivity contribution is -0.152. The average molecular weight is 377 g/mol. The van der Waals surface area contributed by atoms with E-state index in [1.54, 1.807) is 0 Å². The number of aromatic hydroxyl groups is 1. The minimum absolute atomic E-state index is 0.0162. The Morgan fingerprint density at radius 2 is 1.88 bits per heavy atom. The monoisotopic (exact) mass is 376 g/mol. The van der Waals surface area contributed by atoms with Crippen molar-refractivity contribution in [2.75, 3.05) is 6.61 Å². The summed E-state index contributed by atoms with van der Waals surface area (Å²) in [5.74, 6) is -5.79. The SMILES string of the molecule is O=C(Cc1ccc(O)cc1Cl)N[C@@H]1CCC[C@@H]1NC(=O)C(F)(F)CO. The van der Waals surface area contributed by atoms with Crippen LogP contribution in [0, 0.1) is 0 Å². The first-order valence-corrected chi connectivity index (χ1v) is 8.17. The molecule has 0 spiro atoms. The highest BCUT2D eigenvalue weighted by atomic mass is 35.5. The lowest BCUT2D eigenvalue weighted by Gasteiger charge is -2.24. The second-order valence-corrected chi connectivity index (χ2v) is 6.41. The zero-order valence-electron chi connectivity index (χ0n) is 13.3. The molecule has 0 saturated heterocycles. The van der Waals surface area contributed by atoms with Gasteiger partial charge in [-0.2, -0.15) is 8.78 Å². The molecule has 2 atom stereocenters. The van der Waals surface area contributed by atoms with E-state index in [2.05, 4.69) is 10.6 Å². The summed E-state index contributed by atoms with van der Waals surface area (Å²) in [4.78, 5) is 23.6. The summed E-state index contributed by atoms with van der Waals surface area (Å²) in [6.07, 6.45) is 1.63. The number of aliphatic hydroxyl groups excluding tert-OH is 1. The van der Waals surface area contributed by atoms with E-state index in [-0.39, 0.29) is 23.1 Å². The first-order valence-electron chi connectivity index (χ1n) is 7.79. The van der Waals surface area contributed by atoms with Gasteiger partial charge in [-0.25, -0.2) is 0 Å².